The molecule has 1 aliphatic carbocycles. The predicted molar refractivity (Wildman–Crippen MR) is 52.6 cm³/mol. The average molecular weight is 184 g/mol. The molecule has 1 atom stereocenters. The van der Waals surface area contributed by atoms with E-state index in [4.69, 9.17) is 4.74 Å². The van der Waals surface area contributed by atoms with Gasteiger partial charge in [0.05, 0.1) is 12.2 Å². The highest BCUT2D eigenvalue weighted by molar-refractivity contribution is 5.80. The van der Waals surface area contributed by atoms with Crippen molar-refractivity contribution in [3.63, 3.8) is 0 Å². The van der Waals surface area contributed by atoms with E-state index in [-0.39, 0.29) is 17.6 Å². The zero-order valence-electron chi connectivity index (χ0n) is 9.09. The molecule has 1 rings (SSSR count). The van der Waals surface area contributed by atoms with Crippen LogP contribution in [-0.2, 0) is 9.53 Å². The topological polar surface area (TPSA) is 26.3 Å². The standard InChI is InChI=1S/C11H20O2/c1-8(2)13-10-5-9(12)6-11(3,4)7-10/h8,10H,5-7H2,1-4H3. The van der Waals surface area contributed by atoms with Gasteiger partial charge in [0, 0.05) is 12.8 Å². The number of hydrogen-bond acceptors (Lipinski definition) is 2. The number of carbonyl (C=O) groups excluding carboxylic acids is 1. The van der Waals surface area contributed by atoms with Crippen LogP contribution in [0.5, 0.6) is 0 Å². The third kappa shape index (κ3) is 3.47. The lowest BCUT2D eigenvalue weighted by Crippen LogP contribution is -2.35. The molecule has 1 aliphatic rings. The Morgan fingerprint density at radius 1 is 1.46 bits per heavy atom. The van der Waals surface area contributed by atoms with Crippen LogP contribution in [0.15, 0.2) is 0 Å². The number of hydrogen-bond donors (Lipinski definition) is 0. The molecule has 1 unspecified atom stereocenters. The van der Waals surface area contributed by atoms with Crippen LogP contribution in [0.2, 0.25) is 0 Å². The van der Waals surface area contributed by atoms with Gasteiger partial charge in [0.15, 0.2) is 0 Å². The van der Waals surface area contributed by atoms with Crippen molar-refractivity contribution in [3.05, 3.63) is 0 Å². The van der Waals surface area contributed by atoms with Gasteiger partial charge < -0.3 is 4.74 Å². The lowest BCUT2D eigenvalue weighted by molar-refractivity contribution is -0.131. The average Bonchev–Trinajstić information content (AvgIpc) is 1.78. The Balaban J connectivity index is 2.53. The Labute approximate surface area is 80.7 Å². The van der Waals surface area contributed by atoms with Crippen molar-refractivity contribution < 1.29 is 9.53 Å². The quantitative estimate of drug-likeness (QED) is 0.659. The van der Waals surface area contributed by atoms with Crippen molar-refractivity contribution in [3.8, 4) is 0 Å². The van der Waals surface area contributed by atoms with Gasteiger partial charge in [-0.05, 0) is 25.7 Å². The second kappa shape index (κ2) is 3.79. The van der Waals surface area contributed by atoms with Gasteiger partial charge in [0.1, 0.15) is 5.78 Å². The van der Waals surface area contributed by atoms with Crippen LogP contribution >= 0.6 is 0 Å². The highest BCUT2D eigenvalue weighted by Crippen LogP contribution is 2.34. The van der Waals surface area contributed by atoms with Crippen LogP contribution in [0.25, 0.3) is 0 Å². The molecule has 0 bridgehead atoms. The van der Waals surface area contributed by atoms with Gasteiger partial charge in [0.2, 0.25) is 0 Å². The molecule has 0 radical (unpaired) electrons. The second-order valence-corrected chi connectivity index (χ2v) is 5.09. The maximum atomic E-state index is 11.4. The Bertz CT molecular complexity index is 194. The molecule has 0 N–H and O–H groups in total. The van der Waals surface area contributed by atoms with E-state index >= 15 is 0 Å². The second-order valence-electron chi connectivity index (χ2n) is 5.09. The normalized spacial score (nSPS) is 28.1. The van der Waals surface area contributed by atoms with E-state index in [0.717, 1.165) is 6.42 Å². The van der Waals surface area contributed by atoms with E-state index in [1.54, 1.807) is 0 Å². The minimum atomic E-state index is 0.134. The van der Waals surface area contributed by atoms with E-state index in [2.05, 4.69) is 13.8 Å². The molecule has 0 heterocycles. The molecule has 76 valence electrons. The molecule has 1 saturated carbocycles. The minimum Gasteiger partial charge on any atom is -0.375 e. The van der Waals surface area contributed by atoms with Crippen molar-refractivity contribution in [1.29, 1.82) is 0 Å². The summed E-state index contributed by atoms with van der Waals surface area (Å²) in [6.45, 7) is 8.32. The first-order valence-corrected chi connectivity index (χ1v) is 5.06. The van der Waals surface area contributed by atoms with Crippen molar-refractivity contribution in [2.75, 3.05) is 0 Å². The SMILES string of the molecule is CC(C)OC1CC(=O)CC(C)(C)C1. The van der Waals surface area contributed by atoms with Gasteiger partial charge in [-0.3, -0.25) is 4.79 Å². The van der Waals surface area contributed by atoms with E-state index in [9.17, 15) is 4.79 Å². The molecule has 2 heteroatoms. The molecule has 0 spiro atoms. The Kier molecular flexibility index (Phi) is 3.12. The molecule has 0 saturated heterocycles. The Hall–Kier alpha value is -0.370. The zero-order chi connectivity index (χ0) is 10.1. The number of Topliss-reactive ketones (excluding diaryl/α,β-unsaturated/α-hetero) is 1. The fourth-order valence-electron chi connectivity index (χ4n) is 2.10. The fraction of sp³-hybridized carbons (Fsp3) is 0.909. The largest absolute Gasteiger partial charge is 0.375 e. The van der Waals surface area contributed by atoms with Gasteiger partial charge in [-0.25, -0.2) is 0 Å². The summed E-state index contributed by atoms with van der Waals surface area (Å²) < 4.78 is 5.68. The molecule has 0 aliphatic heterocycles. The van der Waals surface area contributed by atoms with Crippen LogP contribution in [0.1, 0.15) is 47.0 Å². The van der Waals surface area contributed by atoms with E-state index in [1.165, 1.54) is 0 Å². The van der Waals surface area contributed by atoms with Crippen LogP contribution in [0.3, 0.4) is 0 Å². The summed E-state index contributed by atoms with van der Waals surface area (Å²) in [6, 6.07) is 0. The molecule has 0 aromatic carbocycles. The van der Waals surface area contributed by atoms with Crippen LogP contribution in [-0.4, -0.2) is 18.0 Å². The number of carbonyl (C=O) groups is 1. The highest BCUT2D eigenvalue weighted by atomic mass is 16.5. The summed E-state index contributed by atoms with van der Waals surface area (Å²) in [4.78, 5) is 11.4. The number of ketones is 1. The number of rotatable bonds is 2. The summed E-state index contributed by atoms with van der Waals surface area (Å²) in [7, 11) is 0. The van der Waals surface area contributed by atoms with Crippen molar-refractivity contribution in [2.45, 2.75) is 59.2 Å². The molecule has 0 aromatic heterocycles. The van der Waals surface area contributed by atoms with Crippen molar-refractivity contribution in [2.24, 2.45) is 5.41 Å². The molecule has 0 aromatic rings. The summed E-state index contributed by atoms with van der Waals surface area (Å²) >= 11 is 0. The Morgan fingerprint density at radius 2 is 2.08 bits per heavy atom. The molecule has 1 fully saturated rings. The predicted octanol–water partition coefficient (Wildman–Crippen LogP) is 2.56. The van der Waals surface area contributed by atoms with E-state index in [0.29, 0.717) is 18.6 Å². The Morgan fingerprint density at radius 3 is 2.54 bits per heavy atom. The highest BCUT2D eigenvalue weighted by Gasteiger charge is 2.33. The third-order valence-corrected chi connectivity index (χ3v) is 2.38. The third-order valence-electron chi connectivity index (χ3n) is 2.38. The van der Waals surface area contributed by atoms with Gasteiger partial charge in [-0.1, -0.05) is 13.8 Å². The van der Waals surface area contributed by atoms with Crippen molar-refractivity contribution >= 4 is 5.78 Å². The molecule has 2 nitrogen and oxygen atoms in total. The fourth-order valence-corrected chi connectivity index (χ4v) is 2.10. The van der Waals surface area contributed by atoms with E-state index in [1.807, 2.05) is 13.8 Å². The maximum absolute atomic E-state index is 11.4. The van der Waals surface area contributed by atoms with Gasteiger partial charge in [0.25, 0.3) is 0 Å². The molecule has 0 amide bonds. The monoisotopic (exact) mass is 184 g/mol. The lowest BCUT2D eigenvalue weighted by Gasteiger charge is -2.34. The maximum Gasteiger partial charge on any atom is 0.136 e. The first-order chi connectivity index (χ1) is 5.89. The smallest absolute Gasteiger partial charge is 0.136 e. The lowest BCUT2D eigenvalue weighted by atomic mass is 9.75. The van der Waals surface area contributed by atoms with Gasteiger partial charge >= 0.3 is 0 Å². The van der Waals surface area contributed by atoms with Crippen LogP contribution in [0, 0.1) is 5.41 Å². The van der Waals surface area contributed by atoms with Gasteiger partial charge in [-0.15, -0.1) is 0 Å². The molecule has 13 heavy (non-hydrogen) atoms. The first-order valence-electron chi connectivity index (χ1n) is 5.06. The van der Waals surface area contributed by atoms with Gasteiger partial charge in [-0.2, -0.15) is 0 Å². The molecular weight excluding hydrogens is 164 g/mol. The zero-order valence-corrected chi connectivity index (χ0v) is 9.09. The van der Waals surface area contributed by atoms with Crippen LogP contribution in [0.4, 0.5) is 0 Å². The first kappa shape index (κ1) is 10.7. The molecular formula is C11H20O2. The summed E-state index contributed by atoms with van der Waals surface area (Å²) in [5, 5.41) is 0. The minimum absolute atomic E-state index is 0.134. The van der Waals surface area contributed by atoms with E-state index < -0.39 is 0 Å². The summed E-state index contributed by atoms with van der Waals surface area (Å²) in [5.41, 5.74) is 0.134. The summed E-state index contributed by atoms with van der Waals surface area (Å²) in [5.74, 6) is 0.349. The van der Waals surface area contributed by atoms with Crippen molar-refractivity contribution in [1.82, 2.24) is 0 Å². The van der Waals surface area contributed by atoms with Crippen LogP contribution < -0.4 is 0 Å². The number of ether oxygens (including phenoxy) is 1. The summed E-state index contributed by atoms with van der Waals surface area (Å²) in [6.07, 6.45) is 2.71.